The molecule has 15 heavy (non-hydrogen) atoms. The van der Waals surface area contributed by atoms with Crippen molar-refractivity contribution in [1.29, 1.82) is 0 Å². The van der Waals surface area contributed by atoms with Gasteiger partial charge in [-0.15, -0.1) is 9.24 Å². The topological polar surface area (TPSA) is 29.5 Å². The largest absolute Gasteiger partial charge is 0.378 e. The Morgan fingerprint density at radius 2 is 1.73 bits per heavy atom. The quantitative estimate of drug-likeness (QED) is 0.634. The summed E-state index contributed by atoms with van der Waals surface area (Å²) in [5.74, 6) is 0.662. The van der Waals surface area contributed by atoms with Gasteiger partial charge in [0.2, 0.25) is 5.91 Å². The Labute approximate surface area is 93.7 Å². The van der Waals surface area contributed by atoms with Crippen LogP contribution in [-0.4, -0.2) is 42.8 Å². The minimum absolute atomic E-state index is 0.292. The van der Waals surface area contributed by atoms with Crippen molar-refractivity contribution >= 4 is 15.1 Å². The Morgan fingerprint density at radius 3 is 2.33 bits per heavy atom. The average Bonchev–Trinajstić information content (AvgIpc) is 2.30. The maximum Gasteiger partial charge on any atom is 0.225 e. The molecule has 2 fully saturated rings. The van der Waals surface area contributed by atoms with Crippen molar-refractivity contribution in [3.8, 4) is 0 Å². The maximum atomic E-state index is 12.1. The molecule has 1 atom stereocenters. The van der Waals surface area contributed by atoms with Crippen LogP contribution in [0.15, 0.2) is 0 Å². The Hall–Kier alpha value is -0.140. The van der Waals surface area contributed by atoms with E-state index in [4.69, 9.17) is 4.74 Å². The molecule has 2 rings (SSSR count). The molecule has 0 N–H and O–H groups in total. The van der Waals surface area contributed by atoms with Gasteiger partial charge in [0.15, 0.2) is 0 Å². The van der Waals surface area contributed by atoms with Crippen LogP contribution in [0.2, 0.25) is 0 Å². The fraction of sp³-hybridized carbons (Fsp3) is 0.909. The molecule has 1 saturated heterocycles. The SMILES string of the molecule is O=C(C1CCC(P)CC1)N1CCOCC1. The number of carbonyl (C=O) groups is 1. The third kappa shape index (κ3) is 2.92. The van der Waals surface area contributed by atoms with Crippen LogP contribution in [0.1, 0.15) is 25.7 Å². The van der Waals surface area contributed by atoms with Crippen molar-refractivity contribution in [2.75, 3.05) is 26.3 Å². The molecule has 0 radical (unpaired) electrons. The lowest BCUT2D eigenvalue weighted by atomic mass is 9.88. The number of hydrogen-bond acceptors (Lipinski definition) is 2. The summed E-state index contributed by atoms with van der Waals surface area (Å²) in [6.07, 6.45) is 4.52. The third-order valence-corrected chi connectivity index (χ3v) is 4.11. The van der Waals surface area contributed by atoms with E-state index in [1.54, 1.807) is 0 Å². The van der Waals surface area contributed by atoms with E-state index in [2.05, 4.69) is 9.24 Å². The molecule has 1 aliphatic heterocycles. The summed E-state index contributed by atoms with van der Waals surface area (Å²) in [5, 5.41) is 0. The smallest absolute Gasteiger partial charge is 0.225 e. The molecule has 0 bridgehead atoms. The van der Waals surface area contributed by atoms with Crippen LogP contribution >= 0.6 is 9.24 Å². The molecule has 0 spiro atoms. The number of rotatable bonds is 1. The van der Waals surface area contributed by atoms with Gasteiger partial charge in [0.25, 0.3) is 0 Å². The molecule has 0 aromatic heterocycles. The van der Waals surface area contributed by atoms with Gasteiger partial charge >= 0.3 is 0 Å². The van der Waals surface area contributed by atoms with Gasteiger partial charge in [-0.2, -0.15) is 0 Å². The molecule has 0 aromatic carbocycles. The van der Waals surface area contributed by atoms with Gasteiger partial charge in [-0.1, -0.05) is 0 Å². The molecular weight excluding hydrogens is 209 g/mol. The van der Waals surface area contributed by atoms with E-state index in [0.29, 0.717) is 25.0 Å². The first-order chi connectivity index (χ1) is 7.27. The lowest BCUT2D eigenvalue weighted by Gasteiger charge is -2.33. The molecule has 1 amide bonds. The van der Waals surface area contributed by atoms with Gasteiger partial charge in [0, 0.05) is 19.0 Å². The molecular formula is C11H20NO2P. The lowest BCUT2D eigenvalue weighted by molar-refractivity contribution is -0.140. The summed E-state index contributed by atoms with van der Waals surface area (Å²) < 4.78 is 5.26. The first-order valence-corrected chi connectivity index (χ1v) is 6.56. The van der Waals surface area contributed by atoms with Gasteiger partial charge in [-0.3, -0.25) is 4.79 Å². The van der Waals surface area contributed by atoms with Crippen molar-refractivity contribution < 1.29 is 9.53 Å². The predicted octanol–water partition coefficient (Wildman–Crippen LogP) is 1.28. The molecule has 4 heteroatoms. The maximum absolute atomic E-state index is 12.1. The average molecular weight is 229 g/mol. The summed E-state index contributed by atoms with van der Waals surface area (Å²) >= 11 is 0. The zero-order valence-corrected chi connectivity index (χ0v) is 10.3. The lowest BCUT2D eigenvalue weighted by Crippen LogP contribution is -2.44. The zero-order chi connectivity index (χ0) is 10.7. The van der Waals surface area contributed by atoms with E-state index >= 15 is 0 Å². The zero-order valence-electron chi connectivity index (χ0n) is 9.15. The second-order valence-corrected chi connectivity index (χ2v) is 5.49. The number of carbonyl (C=O) groups excluding carboxylic acids is 1. The van der Waals surface area contributed by atoms with Crippen molar-refractivity contribution in [1.82, 2.24) is 4.90 Å². The van der Waals surface area contributed by atoms with Crippen LogP contribution in [0.3, 0.4) is 0 Å². The summed E-state index contributed by atoms with van der Waals surface area (Å²) in [4.78, 5) is 14.1. The van der Waals surface area contributed by atoms with E-state index in [1.165, 1.54) is 12.8 Å². The molecule has 3 nitrogen and oxygen atoms in total. The summed E-state index contributed by atoms with van der Waals surface area (Å²) in [5.41, 5.74) is 0.735. The highest BCUT2D eigenvalue weighted by atomic mass is 31.0. The van der Waals surface area contributed by atoms with Crippen LogP contribution in [0.5, 0.6) is 0 Å². The predicted molar refractivity (Wildman–Crippen MR) is 62.9 cm³/mol. The highest BCUT2D eigenvalue weighted by molar-refractivity contribution is 7.17. The van der Waals surface area contributed by atoms with Crippen molar-refractivity contribution in [3.05, 3.63) is 0 Å². The summed E-state index contributed by atoms with van der Waals surface area (Å²) in [6, 6.07) is 0. The Morgan fingerprint density at radius 1 is 1.13 bits per heavy atom. The number of ether oxygens (including phenoxy) is 1. The monoisotopic (exact) mass is 229 g/mol. The molecule has 2 aliphatic rings. The fourth-order valence-electron chi connectivity index (χ4n) is 2.41. The van der Waals surface area contributed by atoms with Gasteiger partial charge in [0.05, 0.1) is 13.2 Å². The number of hydrogen-bond donors (Lipinski definition) is 0. The first-order valence-electron chi connectivity index (χ1n) is 5.89. The van der Waals surface area contributed by atoms with Gasteiger partial charge in [-0.25, -0.2) is 0 Å². The number of amides is 1. The van der Waals surface area contributed by atoms with Crippen LogP contribution in [0, 0.1) is 5.92 Å². The highest BCUT2D eigenvalue weighted by Gasteiger charge is 2.28. The minimum Gasteiger partial charge on any atom is -0.378 e. The highest BCUT2D eigenvalue weighted by Crippen LogP contribution is 2.30. The van der Waals surface area contributed by atoms with E-state index in [0.717, 1.165) is 31.6 Å². The van der Waals surface area contributed by atoms with Crippen LogP contribution in [-0.2, 0) is 9.53 Å². The Bertz CT molecular complexity index is 221. The fourth-order valence-corrected chi connectivity index (χ4v) is 2.79. The summed E-state index contributed by atoms with van der Waals surface area (Å²) in [7, 11) is 2.88. The Kier molecular flexibility index (Phi) is 3.99. The van der Waals surface area contributed by atoms with Crippen molar-refractivity contribution in [2.45, 2.75) is 31.3 Å². The second-order valence-electron chi connectivity index (χ2n) is 4.55. The van der Waals surface area contributed by atoms with E-state index in [1.807, 2.05) is 4.90 Å². The summed E-state index contributed by atoms with van der Waals surface area (Å²) in [6.45, 7) is 3.01. The first kappa shape index (κ1) is 11.3. The third-order valence-electron chi connectivity index (χ3n) is 3.44. The van der Waals surface area contributed by atoms with Crippen LogP contribution in [0.25, 0.3) is 0 Å². The molecule has 1 aliphatic carbocycles. The molecule has 1 saturated carbocycles. The van der Waals surface area contributed by atoms with Crippen LogP contribution in [0.4, 0.5) is 0 Å². The van der Waals surface area contributed by atoms with Gasteiger partial charge < -0.3 is 9.64 Å². The van der Waals surface area contributed by atoms with E-state index < -0.39 is 0 Å². The standard InChI is InChI=1S/C11H20NO2P/c13-11(12-5-7-14-8-6-12)9-1-3-10(15)4-2-9/h9-10H,1-8,15H2. The van der Waals surface area contributed by atoms with E-state index in [-0.39, 0.29) is 0 Å². The van der Waals surface area contributed by atoms with E-state index in [9.17, 15) is 4.79 Å². The van der Waals surface area contributed by atoms with Crippen molar-refractivity contribution in [3.63, 3.8) is 0 Å². The second kappa shape index (κ2) is 5.27. The molecule has 0 aromatic rings. The molecule has 1 unspecified atom stereocenters. The van der Waals surface area contributed by atoms with Gasteiger partial charge in [0.1, 0.15) is 0 Å². The normalized spacial score (nSPS) is 32.7. The minimum atomic E-state index is 0.292. The molecule has 1 heterocycles. The van der Waals surface area contributed by atoms with Crippen molar-refractivity contribution in [2.24, 2.45) is 5.92 Å². The number of morpholine rings is 1. The molecule has 86 valence electrons. The Balaban J connectivity index is 1.84. The van der Waals surface area contributed by atoms with Gasteiger partial charge in [-0.05, 0) is 31.3 Å². The number of nitrogens with zero attached hydrogens (tertiary/aromatic N) is 1. The van der Waals surface area contributed by atoms with Crippen LogP contribution < -0.4 is 0 Å².